The number of amides is 2. The normalized spacial score (nSPS) is 10.5. The molecule has 0 fully saturated rings. The SMILES string of the molecule is CC(C)Oc1ccc(NC(=O)c2cccc(C(=O)N(C)c3ccccc3)n2)cc1. The zero-order chi connectivity index (χ0) is 20.8. The smallest absolute Gasteiger partial charge is 0.276 e. The van der Waals surface area contributed by atoms with Gasteiger partial charge in [0.15, 0.2) is 0 Å². The molecule has 0 atom stereocenters. The first-order valence-electron chi connectivity index (χ1n) is 9.32. The molecule has 0 aliphatic carbocycles. The van der Waals surface area contributed by atoms with Crippen LogP contribution in [0.15, 0.2) is 72.8 Å². The van der Waals surface area contributed by atoms with E-state index in [1.165, 1.54) is 4.90 Å². The standard InChI is InChI=1S/C23H23N3O3/c1-16(2)29-19-14-12-17(13-15-19)24-22(27)20-10-7-11-21(25-20)23(28)26(3)18-8-5-4-6-9-18/h4-16H,1-3H3,(H,24,27). The fourth-order valence-corrected chi connectivity index (χ4v) is 2.71. The van der Waals surface area contributed by atoms with E-state index in [0.717, 1.165) is 11.4 Å². The average molecular weight is 389 g/mol. The van der Waals surface area contributed by atoms with Gasteiger partial charge in [-0.3, -0.25) is 9.59 Å². The number of rotatable bonds is 6. The predicted molar refractivity (Wildman–Crippen MR) is 114 cm³/mol. The Labute approximate surface area is 170 Å². The number of pyridine rings is 1. The van der Waals surface area contributed by atoms with Crippen molar-refractivity contribution in [1.82, 2.24) is 4.98 Å². The van der Waals surface area contributed by atoms with Gasteiger partial charge in [0.1, 0.15) is 17.1 Å². The summed E-state index contributed by atoms with van der Waals surface area (Å²) in [6, 6.07) is 21.2. The molecule has 6 nitrogen and oxygen atoms in total. The van der Waals surface area contributed by atoms with E-state index in [1.54, 1.807) is 49.5 Å². The number of carbonyl (C=O) groups is 2. The van der Waals surface area contributed by atoms with E-state index in [9.17, 15) is 9.59 Å². The van der Waals surface area contributed by atoms with E-state index in [2.05, 4.69) is 10.3 Å². The van der Waals surface area contributed by atoms with Crippen molar-refractivity contribution in [1.29, 1.82) is 0 Å². The maximum Gasteiger partial charge on any atom is 0.276 e. The Bertz CT molecular complexity index is 986. The van der Waals surface area contributed by atoms with Crippen LogP contribution in [0.25, 0.3) is 0 Å². The minimum absolute atomic E-state index is 0.0777. The third kappa shape index (κ3) is 5.19. The Balaban J connectivity index is 1.71. The third-order valence-corrected chi connectivity index (χ3v) is 4.13. The van der Waals surface area contributed by atoms with E-state index < -0.39 is 0 Å². The molecule has 0 aliphatic rings. The first kappa shape index (κ1) is 20.1. The molecule has 0 aliphatic heterocycles. The lowest BCUT2D eigenvalue weighted by Gasteiger charge is -2.17. The highest BCUT2D eigenvalue weighted by molar-refractivity contribution is 6.07. The van der Waals surface area contributed by atoms with Gasteiger partial charge in [0.05, 0.1) is 6.10 Å². The lowest BCUT2D eigenvalue weighted by Crippen LogP contribution is -2.27. The van der Waals surface area contributed by atoms with Crippen molar-refractivity contribution < 1.29 is 14.3 Å². The van der Waals surface area contributed by atoms with E-state index in [4.69, 9.17) is 4.74 Å². The monoisotopic (exact) mass is 389 g/mol. The molecule has 0 bridgehead atoms. The Morgan fingerprint density at radius 2 is 1.55 bits per heavy atom. The highest BCUT2D eigenvalue weighted by Crippen LogP contribution is 2.18. The summed E-state index contributed by atoms with van der Waals surface area (Å²) < 4.78 is 5.59. The van der Waals surface area contributed by atoms with Crippen LogP contribution in [0.1, 0.15) is 34.8 Å². The molecule has 2 amide bonds. The molecule has 3 aromatic rings. The van der Waals surface area contributed by atoms with Crippen LogP contribution in [0.2, 0.25) is 0 Å². The van der Waals surface area contributed by atoms with E-state index in [0.29, 0.717) is 5.69 Å². The highest BCUT2D eigenvalue weighted by Gasteiger charge is 2.17. The maximum absolute atomic E-state index is 12.7. The average Bonchev–Trinajstić information content (AvgIpc) is 2.74. The molecule has 1 aromatic heterocycles. The van der Waals surface area contributed by atoms with Gasteiger partial charge in [0.2, 0.25) is 0 Å². The Hall–Kier alpha value is -3.67. The van der Waals surface area contributed by atoms with Gasteiger partial charge in [-0.1, -0.05) is 24.3 Å². The van der Waals surface area contributed by atoms with Gasteiger partial charge in [-0.05, 0) is 62.4 Å². The quantitative estimate of drug-likeness (QED) is 0.678. The van der Waals surface area contributed by atoms with Gasteiger partial charge in [0, 0.05) is 18.4 Å². The number of aromatic nitrogens is 1. The van der Waals surface area contributed by atoms with Gasteiger partial charge in [-0.2, -0.15) is 0 Å². The molecule has 148 valence electrons. The number of hydrogen-bond donors (Lipinski definition) is 1. The zero-order valence-electron chi connectivity index (χ0n) is 16.6. The molecule has 1 N–H and O–H groups in total. The summed E-state index contributed by atoms with van der Waals surface area (Å²) in [5.41, 5.74) is 1.73. The summed E-state index contributed by atoms with van der Waals surface area (Å²) in [7, 11) is 1.67. The van der Waals surface area contributed by atoms with Gasteiger partial charge in [-0.15, -0.1) is 0 Å². The molecule has 1 heterocycles. The summed E-state index contributed by atoms with van der Waals surface area (Å²) in [6.07, 6.45) is 0.0777. The first-order valence-corrected chi connectivity index (χ1v) is 9.32. The number of benzene rings is 2. The second kappa shape index (κ2) is 9.01. The van der Waals surface area contributed by atoms with Gasteiger partial charge < -0.3 is 15.0 Å². The number of ether oxygens (including phenoxy) is 1. The van der Waals surface area contributed by atoms with Crippen LogP contribution in [-0.2, 0) is 0 Å². The topological polar surface area (TPSA) is 71.5 Å². The summed E-state index contributed by atoms with van der Waals surface area (Å²) in [5, 5.41) is 2.78. The number of carbonyl (C=O) groups excluding carboxylic acids is 2. The van der Waals surface area contributed by atoms with Crippen molar-refractivity contribution in [3.05, 3.63) is 84.2 Å². The molecule has 0 saturated carbocycles. The van der Waals surface area contributed by atoms with Crippen LogP contribution >= 0.6 is 0 Å². The van der Waals surface area contributed by atoms with Crippen LogP contribution in [0, 0.1) is 0 Å². The molecule has 2 aromatic carbocycles. The summed E-state index contributed by atoms with van der Waals surface area (Å²) >= 11 is 0. The second-order valence-corrected chi connectivity index (χ2v) is 6.75. The molecule has 0 unspecified atom stereocenters. The van der Waals surface area contributed by atoms with Crippen LogP contribution in [-0.4, -0.2) is 29.9 Å². The predicted octanol–water partition coefficient (Wildman–Crippen LogP) is 4.40. The fraction of sp³-hybridized carbons (Fsp3) is 0.174. The number of anilines is 2. The third-order valence-electron chi connectivity index (χ3n) is 4.13. The highest BCUT2D eigenvalue weighted by atomic mass is 16.5. The largest absolute Gasteiger partial charge is 0.491 e. The summed E-state index contributed by atoms with van der Waals surface area (Å²) in [4.78, 5) is 31.0. The number of para-hydroxylation sites is 1. The van der Waals surface area contributed by atoms with Gasteiger partial charge in [0.25, 0.3) is 11.8 Å². The number of hydrogen-bond acceptors (Lipinski definition) is 4. The molecule has 6 heteroatoms. The zero-order valence-corrected chi connectivity index (χ0v) is 16.6. The van der Waals surface area contributed by atoms with Crippen molar-refractivity contribution >= 4 is 23.2 Å². The molecule has 29 heavy (non-hydrogen) atoms. The van der Waals surface area contributed by atoms with Crippen LogP contribution in [0.5, 0.6) is 5.75 Å². The Morgan fingerprint density at radius 1 is 0.897 bits per heavy atom. The van der Waals surface area contributed by atoms with E-state index >= 15 is 0 Å². The summed E-state index contributed by atoms with van der Waals surface area (Å²) in [5.74, 6) is 0.0493. The maximum atomic E-state index is 12.7. The number of nitrogens with one attached hydrogen (secondary N) is 1. The van der Waals surface area contributed by atoms with Crippen molar-refractivity contribution in [3.63, 3.8) is 0 Å². The Morgan fingerprint density at radius 3 is 2.21 bits per heavy atom. The molecule has 0 radical (unpaired) electrons. The molecule has 0 spiro atoms. The summed E-state index contributed by atoms with van der Waals surface area (Å²) in [6.45, 7) is 3.90. The van der Waals surface area contributed by atoms with Crippen LogP contribution < -0.4 is 15.0 Å². The minimum Gasteiger partial charge on any atom is -0.491 e. The van der Waals surface area contributed by atoms with E-state index in [-0.39, 0.29) is 29.3 Å². The Kier molecular flexibility index (Phi) is 6.24. The van der Waals surface area contributed by atoms with Crippen molar-refractivity contribution in [3.8, 4) is 5.75 Å². The fourth-order valence-electron chi connectivity index (χ4n) is 2.71. The van der Waals surface area contributed by atoms with Crippen molar-refractivity contribution in [2.45, 2.75) is 20.0 Å². The van der Waals surface area contributed by atoms with Crippen LogP contribution in [0.4, 0.5) is 11.4 Å². The molecular weight excluding hydrogens is 366 g/mol. The van der Waals surface area contributed by atoms with E-state index in [1.807, 2.05) is 44.2 Å². The lowest BCUT2D eigenvalue weighted by atomic mass is 10.2. The van der Waals surface area contributed by atoms with Gasteiger partial charge in [-0.25, -0.2) is 4.98 Å². The molecule has 3 rings (SSSR count). The number of nitrogens with zero attached hydrogens (tertiary/aromatic N) is 2. The van der Waals surface area contributed by atoms with Crippen molar-refractivity contribution in [2.75, 3.05) is 17.3 Å². The van der Waals surface area contributed by atoms with Crippen molar-refractivity contribution in [2.24, 2.45) is 0 Å². The molecule has 0 saturated heterocycles. The van der Waals surface area contributed by atoms with Crippen LogP contribution in [0.3, 0.4) is 0 Å². The molecular formula is C23H23N3O3. The minimum atomic E-state index is -0.389. The van der Waals surface area contributed by atoms with Gasteiger partial charge >= 0.3 is 0 Å². The lowest BCUT2D eigenvalue weighted by molar-refractivity contribution is 0.0988. The second-order valence-electron chi connectivity index (χ2n) is 6.75. The first-order chi connectivity index (χ1) is 13.9.